The van der Waals surface area contributed by atoms with Gasteiger partial charge in [0.15, 0.2) is 0 Å². The van der Waals surface area contributed by atoms with Gasteiger partial charge in [0.1, 0.15) is 56.3 Å². The largest absolute Gasteiger partial charge is 0.449 e. The van der Waals surface area contributed by atoms with Gasteiger partial charge in [-0.1, -0.05) is 108 Å². The van der Waals surface area contributed by atoms with Gasteiger partial charge in [-0.3, -0.25) is 9.59 Å². The molecule has 1 amide bonds. The van der Waals surface area contributed by atoms with Crippen LogP contribution < -0.4 is 16.4 Å². The monoisotopic (exact) mass is 996 g/mol. The van der Waals surface area contributed by atoms with Crippen molar-refractivity contribution in [1.29, 1.82) is 0 Å². The number of nitrogens with zero attached hydrogens (tertiary/aromatic N) is 5. The molecule has 0 spiro atoms. The molecule has 2 fully saturated rings. The summed E-state index contributed by atoms with van der Waals surface area (Å²) >= 11 is 20.6. The van der Waals surface area contributed by atoms with Crippen molar-refractivity contribution >= 4 is 89.4 Å². The normalized spacial score (nSPS) is 14.2. The predicted molar refractivity (Wildman–Crippen MR) is 264 cm³/mol. The van der Waals surface area contributed by atoms with Crippen LogP contribution in [0, 0.1) is 0 Å². The van der Waals surface area contributed by atoms with Crippen LogP contribution in [0.1, 0.15) is 60.3 Å². The lowest BCUT2D eigenvalue weighted by atomic mass is 9.96. The number of carbonyl (C=O) groups is 2. The lowest BCUT2D eigenvalue weighted by Crippen LogP contribution is -2.38. The van der Waals surface area contributed by atoms with Crippen LogP contribution in [-0.2, 0) is 22.7 Å². The first-order valence-corrected chi connectivity index (χ1v) is 24.2. The van der Waals surface area contributed by atoms with Crippen LogP contribution in [-0.4, -0.2) is 72.5 Å². The molecule has 8 aromatic rings. The van der Waals surface area contributed by atoms with Crippen molar-refractivity contribution in [1.82, 2.24) is 40.1 Å². The number of aromatic nitrogens is 6. The van der Waals surface area contributed by atoms with E-state index in [1.54, 1.807) is 4.90 Å². The molecule has 0 atom stereocenters. The fourth-order valence-electron chi connectivity index (χ4n) is 7.60. The number of piperidine rings is 2. The Hall–Kier alpha value is -6.01. The Morgan fingerprint density at radius 1 is 0.597 bits per heavy atom. The number of halogens is 3. The van der Waals surface area contributed by atoms with Gasteiger partial charge in [-0.15, -0.1) is 22.7 Å². The Balaban J connectivity index is 0.000000154. The maximum absolute atomic E-state index is 12.9. The Morgan fingerprint density at radius 2 is 1.03 bits per heavy atom. The molecule has 14 nitrogen and oxygen atoms in total. The molecule has 67 heavy (non-hydrogen) atoms. The second-order valence-corrected chi connectivity index (χ2v) is 18.6. The van der Waals surface area contributed by atoms with E-state index in [1.165, 1.54) is 22.7 Å². The van der Waals surface area contributed by atoms with Gasteiger partial charge in [0.05, 0.1) is 20.4 Å². The molecular weight excluding hydrogens is 955 g/mol. The number of hydrogen-bond acceptors (Lipinski definition) is 13. The molecule has 3 N–H and O–H groups in total. The summed E-state index contributed by atoms with van der Waals surface area (Å²) in [6.45, 7) is 3.41. The summed E-state index contributed by atoms with van der Waals surface area (Å²) in [6.07, 6.45) is 2.92. The molecule has 0 saturated carbocycles. The summed E-state index contributed by atoms with van der Waals surface area (Å²) in [5, 5.41) is 4.86. The summed E-state index contributed by atoms with van der Waals surface area (Å²) in [6, 6.07) is 34.4. The number of nitrogens with one attached hydrogen (secondary N) is 3. The van der Waals surface area contributed by atoms with Gasteiger partial charge in [0.25, 0.3) is 11.1 Å². The van der Waals surface area contributed by atoms with Gasteiger partial charge in [0, 0.05) is 36.5 Å². The average molecular weight is 998 g/mol. The first kappa shape index (κ1) is 47.5. The van der Waals surface area contributed by atoms with Crippen molar-refractivity contribution in [2.24, 2.45) is 0 Å². The minimum atomic E-state index is -0.770. The SMILES string of the molecule is O=C(Cl)OCc1ccccc1.O=C(OCc1ccccc1)N1CCC(c2nc(Cl)c(-c3nc4ccccc4s3)c(=O)[nH]2)CC1.O=c1[nH]c(C2CCNCC2)nc(Cl)c1-c1nc2ccccc2s1. The van der Waals surface area contributed by atoms with Crippen LogP contribution in [0.5, 0.6) is 0 Å². The zero-order chi connectivity index (χ0) is 46.7. The second-order valence-electron chi connectivity index (χ2n) is 15.5. The molecule has 10 rings (SSSR count). The van der Waals surface area contributed by atoms with E-state index in [0.717, 1.165) is 57.5 Å². The molecule has 19 heteroatoms. The van der Waals surface area contributed by atoms with Crippen LogP contribution >= 0.6 is 57.5 Å². The molecule has 0 aliphatic carbocycles. The Bertz CT molecular complexity index is 3020. The van der Waals surface area contributed by atoms with Gasteiger partial charge in [-0.2, -0.15) is 0 Å². The summed E-state index contributed by atoms with van der Waals surface area (Å²) in [5.41, 5.74) is 2.95. The Morgan fingerprint density at radius 3 is 1.48 bits per heavy atom. The van der Waals surface area contributed by atoms with E-state index in [2.05, 4.69) is 40.0 Å². The van der Waals surface area contributed by atoms with Crippen LogP contribution in [0.4, 0.5) is 9.59 Å². The first-order valence-electron chi connectivity index (χ1n) is 21.4. The number of ether oxygens (including phenoxy) is 2. The number of fused-ring (bicyclic) bond motifs is 2. The minimum Gasteiger partial charge on any atom is -0.449 e. The highest BCUT2D eigenvalue weighted by Crippen LogP contribution is 2.34. The van der Waals surface area contributed by atoms with E-state index in [1.807, 2.05) is 109 Å². The number of H-pyrrole nitrogens is 2. The number of benzene rings is 4. The van der Waals surface area contributed by atoms with Gasteiger partial charge >= 0.3 is 11.5 Å². The smallest absolute Gasteiger partial charge is 0.410 e. The number of amides is 1. The molecule has 344 valence electrons. The van der Waals surface area contributed by atoms with Crippen LogP contribution in [0.2, 0.25) is 10.3 Å². The molecular formula is C48H43Cl3N8O6S2. The molecule has 0 bridgehead atoms. The summed E-state index contributed by atoms with van der Waals surface area (Å²) in [5.74, 6) is 1.50. The summed E-state index contributed by atoms with van der Waals surface area (Å²) in [7, 11) is 0. The molecule has 0 radical (unpaired) electrons. The minimum absolute atomic E-state index is 0.0118. The van der Waals surface area contributed by atoms with Crippen molar-refractivity contribution in [3.8, 4) is 21.1 Å². The quantitative estimate of drug-likeness (QED) is 0.0972. The fourth-order valence-corrected chi connectivity index (χ4v) is 10.3. The molecule has 0 unspecified atom stereocenters. The summed E-state index contributed by atoms with van der Waals surface area (Å²) < 4.78 is 12.0. The van der Waals surface area contributed by atoms with Crippen molar-refractivity contribution < 1.29 is 19.1 Å². The number of thiazole rings is 2. The van der Waals surface area contributed by atoms with Crippen LogP contribution in [0.25, 0.3) is 41.6 Å². The highest BCUT2D eigenvalue weighted by molar-refractivity contribution is 7.22. The van der Waals surface area contributed by atoms with Crippen molar-refractivity contribution in [2.45, 2.75) is 50.7 Å². The highest BCUT2D eigenvalue weighted by atomic mass is 35.5. The van der Waals surface area contributed by atoms with Crippen LogP contribution in [0.15, 0.2) is 119 Å². The highest BCUT2D eigenvalue weighted by Gasteiger charge is 2.28. The molecule has 6 heterocycles. The van der Waals surface area contributed by atoms with E-state index in [-0.39, 0.29) is 52.6 Å². The zero-order valence-electron chi connectivity index (χ0n) is 35.8. The van der Waals surface area contributed by atoms with Crippen molar-refractivity contribution in [3.05, 3.63) is 163 Å². The number of carbonyl (C=O) groups excluding carboxylic acids is 2. The molecule has 4 aromatic carbocycles. The number of aromatic amines is 2. The third-order valence-electron chi connectivity index (χ3n) is 11.1. The number of para-hydroxylation sites is 2. The number of likely N-dealkylation sites (tertiary alicyclic amines) is 1. The van der Waals surface area contributed by atoms with E-state index >= 15 is 0 Å². The van der Waals surface area contributed by atoms with E-state index in [4.69, 9.17) is 39.5 Å². The first-order chi connectivity index (χ1) is 32.6. The van der Waals surface area contributed by atoms with Gasteiger partial charge in [-0.25, -0.2) is 29.5 Å². The van der Waals surface area contributed by atoms with Gasteiger partial charge in [0.2, 0.25) is 0 Å². The van der Waals surface area contributed by atoms with E-state index in [9.17, 15) is 19.2 Å². The van der Waals surface area contributed by atoms with Gasteiger partial charge < -0.3 is 29.7 Å². The third kappa shape index (κ3) is 12.3. The standard InChI is InChI=1S/C24H21ClN4O3S.C16H15ClN4OS.C8H7ClO2/c25-20-19(23-26-17-8-4-5-9-18(17)33-23)22(30)28-21(27-20)16-10-12-29(13-11-16)24(31)32-14-15-6-2-1-3-7-15;17-13-12(16-19-10-3-1-2-4-11(10)23-16)15(22)21-14(20-13)9-5-7-18-8-6-9;9-8(10)11-6-7-4-2-1-3-5-7/h1-9,16H,10-14H2,(H,27,28,30);1-4,9,18H,5-8H2,(H,20,21,22);1-5H,6H2. The summed E-state index contributed by atoms with van der Waals surface area (Å²) in [4.78, 5) is 73.5. The maximum Gasteiger partial charge on any atom is 0.410 e. The maximum atomic E-state index is 12.9. The molecule has 4 aromatic heterocycles. The Labute approximate surface area is 407 Å². The third-order valence-corrected chi connectivity index (χ3v) is 13.8. The molecule has 2 aliphatic heterocycles. The average Bonchev–Trinajstić information content (AvgIpc) is 3.98. The van der Waals surface area contributed by atoms with Crippen molar-refractivity contribution in [3.63, 3.8) is 0 Å². The number of rotatable bonds is 8. The van der Waals surface area contributed by atoms with E-state index < -0.39 is 5.43 Å². The number of hydrogen-bond donors (Lipinski definition) is 3. The zero-order valence-corrected chi connectivity index (χ0v) is 39.7. The van der Waals surface area contributed by atoms with Crippen LogP contribution in [0.3, 0.4) is 0 Å². The van der Waals surface area contributed by atoms with Gasteiger partial charge in [-0.05, 0) is 74.2 Å². The Kier molecular flexibility index (Phi) is 16.1. The fraction of sp³-hybridized carbons (Fsp3) is 0.250. The molecule has 2 saturated heterocycles. The predicted octanol–water partition coefficient (Wildman–Crippen LogP) is 10.9. The van der Waals surface area contributed by atoms with E-state index in [0.29, 0.717) is 58.7 Å². The van der Waals surface area contributed by atoms with Crippen molar-refractivity contribution in [2.75, 3.05) is 26.2 Å². The lowest BCUT2D eigenvalue weighted by Gasteiger charge is -2.30. The second kappa shape index (κ2) is 22.7. The topological polar surface area (TPSA) is 185 Å². The molecule has 2 aliphatic rings. The lowest BCUT2D eigenvalue weighted by molar-refractivity contribution is 0.0866.